The van der Waals surface area contributed by atoms with Crippen molar-refractivity contribution >= 4 is 28.4 Å². The first-order valence-electron chi connectivity index (χ1n) is 11.3. The van der Waals surface area contributed by atoms with Gasteiger partial charge >= 0.3 is 0 Å². The maximum Gasteiger partial charge on any atom is 0.267 e. The highest BCUT2D eigenvalue weighted by Crippen LogP contribution is 2.28. The molecule has 0 saturated heterocycles. The Morgan fingerprint density at radius 3 is 2.69 bits per heavy atom. The predicted molar refractivity (Wildman–Crippen MR) is 137 cm³/mol. The summed E-state index contributed by atoms with van der Waals surface area (Å²) in [6.45, 7) is 4.00. The lowest BCUT2D eigenvalue weighted by molar-refractivity contribution is 0.571. The molecule has 0 N–H and O–H groups in total. The Bertz CT molecular complexity index is 1820. The molecule has 0 amide bonds. The number of benzene rings is 3. The Morgan fingerprint density at radius 2 is 1.86 bits per heavy atom. The third kappa shape index (κ3) is 3.77. The molecule has 7 nitrogen and oxygen atoms in total. The van der Waals surface area contributed by atoms with E-state index < -0.39 is 0 Å². The Kier molecular flexibility index (Phi) is 5.41. The zero-order chi connectivity index (χ0) is 24.8. The number of aromatic nitrogens is 5. The van der Waals surface area contributed by atoms with Crippen molar-refractivity contribution in [3.05, 3.63) is 106 Å². The van der Waals surface area contributed by atoms with Crippen molar-refractivity contribution in [3.63, 3.8) is 0 Å². The molecule has 0 bridgehead atoms. The van der Waals surface area contributed by atoms with E-state index in [-0.39, 0.29) is 11.4 Å². The van der Waals surface area contributed by atoms with Gasteiger partial charge in [0.05, 0.1) is 22.3 Å². The molecule has 36 heavy (non-hydrogen) atoms. The van der Waals surface area contributed by atoms with Crippen LogP contribution in [0.5, 0.6) is 0 Å². The fraction of sp³-hybridized carbons (Fsp3) is 0.111. The molecule has 0 aliphatic rings. The number of hydrogen-bond acceptors (Lipinski definition) is 6. The molecule has 6 aromatic rings. The largest absolute Gasteiger partial charge is 0.444 e. The van der Waals surface area contributed by atoms with Crippen molar-refractivity contribution < 1.29 is 8.81 Å². The topological polar surface area (TPSA) is 78.2 Å². The molecule has 3 heterocycles. The first kappa shape index (κ1) is 22.2. The Hall–Kier alpha value is -4.24. The molecular weight excluding hydrogens is 477 g/mol. The van der Waals surface area contributed by atoms with Crippen LogP contribution in [0.25, 0.3) is 33.8 Å². The molecule has 0 spiro atoms. The quantitative estimate of drug-likeness (QED) is 0.283. The monoisotopic (exact) mass is 497 g/mol. The van der Waals surface area contributed by atoms with Crippen molar-refractivity contribution in [3.8, 4) is 17.1 Å². The second-order valence-electron chi connectivity index (χ2n) is 8.51. The van der Waals surface area contributed by atoms with Gasteiger partial charge in [-0.05, 0) is 55.8 Å². The molecule has 0 fully saturated rings. The van der Waals surface area contributed by atoms with Crippen molar-refractivity contribution in [1.29, 1.82) is 0 Å². The summed E-state index contributed by atoms with van der Waals surface area (Å²) in [6.07, 6.45) is 1.56. The maximum atomic E-state index is 13.6. The third-order valence-electron chi connectivity index (χ3n) is 5.96. The van der Waals surface area contributed by atoms with Crippen LogP contribution < -0.4 is 5.56 Å². The molecule has 0 unspecified atom stereocenters. The van der Waals surface area contributed by atoms with Gasteiger partial charge in [-0.1, -0.05) is 47.7 Å². The first-order chi connectivity index (χ1) is 17.5. The molecule has 0 atom stereocenters. The van der Waals surface area contributed by atoms with E-state index in [4.69, 9.17) is 4.42 Å². The average molecular weight is 498 g/mol. The highest BCUT2D eigenvalue weighted by Gasteiger charge is 2.19. The molecule has 6 rings (SSSR count). The molecule has 0 aliphatic carbocycles. The summed E-state index contributed by atoms with van der Waals surface area (Å²) in [5.74, 6) is 0.897. The fourth-order valence-corrected chi connectivity index (χ4v) is 5.13. The van der Waals surface area contributed by atoms with Crippen molar-refractivity contribution in [2.24, 2.45) is 0 Å². The van der Waals surface area contributed by atoms with Crippen LogP contribution in [-0.4, -0.2) is 24.1 Å². The zero-order valence-electron chi connectivity index (χ0n) is 19.5. The first-order valence-corrected chi connectivity index (χ1v) is 12.3. The number of nitrogens with zero attached hydrogens (tertiary/aromatic N) is 5. The Morgan fingerprint density at radius 1 is 1.00 bits per heavy atom. The summed E-state index contributed by atoms with van der Waals surface area (Å²) >= 11 is 1.43. The minimum atomic E-state index is -0.349. The lowest BCUT2D eigenvalue weighted by Gasteiger charge is -2.13. The van der Waals surface area contributed by atoms with Gasteiger partial charge in [0.25, 0.3) is 5.56 Å². The number of aryl methyl sites for hydroxylation is 2. The van der Waals surface area contributed by atoms with E-state index in [9.17, 15) is 9.18 Å². The third-order valence-corrected chi connectivity index (χ3v) is 6.92. The van der Waals surface area contributed by atoms with Crippen LogP contribution >= 0.6 is 11.8 Å². The Labute approximate surface area is 209 Å². The Balaban J connectivity index is 1.43. The summed E-state index contributed by atoms with van der Waals surface area (Å²) < 4.78 is 22.7. The van der Waals surface area contributed by atoms with E-state index in [1.165, 1.54) is 23.9 Å². The summed E-state index contributed by atoms with van der Waals surface area (Å²) in [4.78, 5) is 18.1. The molecule has 0 radical (unpaired) electrons. The normalized spacial score (nSPS) is 11.5. The number of fused-ring (bicyclic) bond motifs is 3. The van der Waals surface area contributed by atoms with Gasteiger partial charge in [0.1, 0.15) is 12.1 Å². The molecule has 0 aliphatic heterocycles. The van der Waals surface area contributed by atoms with Crippen molar-refractivity contribution in [1.82, 2.24) is 24.1 Å². The lowest BCUT2D eigenvalue weighted by Crippen LogP contribution is -2.22. The van der Waals surface area contributed by atoms with Gasteiger partial charge in [0.15, 0.2) is 5.16 Å². The highest BCUT2D eigenvalue weighted by molar-refractivity contribution is 7.98. The number of halogens is 1. The summed E-state index contributed by atoms with van der Waals surface area (Å²) in [7, 11) is 0. The number of thioether (sulfide) groups is 1. The standard InChI is InChI=1S/C27H20FN5O2S/c1-16-10-11-22(17(2)12-16)32-25(34)21-8-3-4-9-23(21)33-26(32)30-31-27(33)36-15-20-14-35-24(29-20)18-6-5-7-19(28)13-18/h3-14H,15H2,1-2H3. The minimum absolute atomic E-state index is 0.148. The minimum Gasteiger partial charge on any atom is -0.444 e. The van der Waals surface area contributed by atoms with E-state index >= 15 is 0 Å². The highest BCUT2D eigenvalue weighted by atomic mass is 32.2. The van der Waals surface area contributed by atoms with Gasteiger partial charge in [0, 0.05) is 11.3 Å². The van der Waals surface area contributed by atoms with Gasteiger partial charge in [-0.3, -0.25) is 9.20 Å². The van der Waals surface area contributed by atoms with Gasteiger partial charge < -0.3 is 4.42 Å². The summed E-state index contributed by atoms with van der Waals surface area (Å²) in [5, 5.41) is 10.0. The van der Waals surface area contributed by atoms with E-state index in [0.29, 0.717) is 39.2 Å². The maximum absolute atomic E-state index is 13.6. The fourth-order valence-electron chi connectivity index (χ4n) is 4.31. The zero-order valence-corrected chi connectivity index (χ0v) is 20.3. The predicted octanol–water partition coefficient (Wildman–Crippen LogP) is 5.74. The van der Waals surface area contributed by atoms with Crippen LogP contribution in [0.2, 0.25) is 0 Å². The molecule has 0 saturated carbocycles. The molecule has 3 aromatic heterocycles. The van der Waals surface area contributed by atoms with Gasteiger partial charge in [-0.15, -0.1) is 10.2 Å². The van der Waals surface area contributed by atoms with Crippen LogP contribution in [0.4, 0.5) is 4.39 Å². The molecule has 3 aromatic carbocycles. The number of oxazole rings is 1. The van der Waals surface area contributed by atoms with Crippen LogP contribution in [0, 0.1) is 19.7 Å². The van der Waals surface area contributed by atoms with Crippen LogP contribution in [0.3, 0.4) is 0 Å². The summed E-state index contributed by atoms with van der Waals surface area (Å²) in [6, 6.07) is 19.5. The van der Waals surface area contributed by atoms with Crippen molar-refractivity contribution in [2.75, 3.05) is 0 Å². The van der Waals surface area contributed by atoms with E-state index in [1.54, 1.807) is 23.0 Å². The van der Waals surface area contributed by atoms with E-state index in [0.717, 1.165) is 22.3 Å². The number of rotatable bonds is 5. The lowest BCUT2D eigenvalue weighted by atomic mass is 10.1. The summed E-state index contributed by atoms with van der Waals surface area (Å²) in [5.41, 5.74) is 4.69. The van der Waals surface area contributed by atoms with E-state index in [1.807, 2.05) is 60.7 Å². The number of para-hydroxylation sites is 1. The van der Waals surface area contributed by atoms with Crippen LogP contribution in [0.1, 0.15) is 16.8 Å². The second kappa shape index (κ2) is 8.76. The van der Waals surface area contributed by atoms with Crippen molar-refractivity contribution in [2.45, 2.75) is 24.8 Å². The molecule has 9 heteroatoms. The smallest absolute Gasteiger partial charge is 0.267 e. The average Bonchev–Trinajstić information content (AvgIpc) is 3.51. The SMILES string of the molecule is Cc1ccc(-n2c(=O)c3ccccc3n3c(SCc4coc(-c5cccc(F)c5)n4)nnc23)c(C)c1. The molecule has 178 valence electrons. The number of hydrogen-bond donors (Lipinski definition) is 0. The van der Waals surface area contributed by atoms with Gasteiger partial charge in [-0.2, -0.15) is 0 Å². The van der Waals surface area contributed by atoms with Crippen LogP contribution in [-0.2, 0) is 5.75 Å². The van der Waals surface area contributed by atoms with Crippen LogP contribution in [0.15, 0.2) is 87.4 Å². The van der Waals surface area contributed by atoms with Gasteiger partial charge in [0.2, 0.25) is 11.7 Å². The second-order valence-corrected chi connectivity index (χ2v) is 9.45. The van der Waals surface area contributed by atoms with Gasteiger partial charge in [-0.25, -0.2) is 13.9 Å². The molecular formula is C27H20FN5O2S. The van der Waals surface area contributed by atoms with E-state index in [2.05, 4.69) is 15.2 Å².